The highest BCUT2D eigenvalue weighted by molar-refractivity contribution is 5.27. The third kappa shape index (κ3) is 3.74. The van der Waals surface area contributed by atoms with Crippen molar-refractivity contribution in [2.45, 2.75) is 31.9 Å². The van der Waals surface area contributed by atoms with Crippen LogP contribution in [0.1, 0.15) is 36.0 Å². The molecular weight excluding hydrogens is 281 g/mol. The highest BCUT2D eigenvalue weighted by Crippen LogP contribution is 2.30. The molecule has 2 nitrogen and oxygen atoms in total. The Morgan fingerprint density at radius 1 is 1.14 bits per heavy atom. The maximum atomic E-state index is 12.5. The molecule has 0 radical (unpaired) electrons. The summed E-state index contributed by atoms with van der Waals surface area (Å²) < 4.78 is 42.4. The average molecular weight is 296 g/mol. The Balaban J connectivity index is 2.20. The van der Waals surface area contributed by atoms with Gasteiger partial charge in [0.2, 0.25) is 0 Å². The van der Waals surface area contributed by atoms with Gasteiger partial charge in [-0.2, -0.15) is 13.2 Å². The molecule has 0 amide bonds. The van der Waals surface area contributed by atoms with Crippen molar-refractivity contribution in [1.29, 1.82) is 0 Å². The van der Waals surface area contributed by atoms with Gasteiger partial charge in [0, 0.05) is 5.56 Å². The van der Waals surface area contributed by atoms with Crippen molar-refractivity contribution >= 4 is 0 Å². The van der Waals surface area contributed by atoms with Crippen LogP contribution in [-0.4, -0.2) is 0 Å². The molecule has 1 aromatic carbocycles. The molecule has 1 unspecified atom stereocenters. The summed E-state index contributed by atoms with van der Waals surface area (Å²) >= 11 is 0. The zero-order chi connectivity index (χ0) is 15.5. The summed E-state index contributed by atoms with van der Waals surface area (Å²) in [5, 5.41) is 0. The van der Waals surface area contributed by atoms with E-state index >= 15 is 0 Å². The molecule has 0 aliphatic carbocycles. The van der Waals surface area contributed by atoms with E-state index in [4.69, 9.17) is 4.42 Å². The summed E-state index contributed by atoms with van der Waals surface area (Å²) in [6, 6.07) is 8.38. The largest absolute Gasteiger partial charge is 0.431 e. The van der Waals surface area contributed by atoms with Crippen molar-refractivity contribution in [3.63, 3.8) is 0 Å². The van der Waals surface area contributed by atoms with Crippen LogP contribution < -0.4 is 5.63 Å². The first-order valence-electron chi connectivity index (χ1n) is 6.65. The molecule has 5 heteroatoms. The molecule has 0 fully saturated rings. The molecule has 0 N–H and O–H groups in total. The smallest absolute Gasteiger partial charge is 0.416 e. The standard InChI is InChI=1S/C16H15F3O2/c1-2-12(14-4-3-9-21-15(14)20)10-11-5-7-13(8-6-11)16(17,18)19/h3-9,12H,2,10H2,1H3. The normalized spacial score (nSPS) is 13.1. The van der Waals surface area contributed by atoms with Gasteiger partial charge in [-0.1, -0.05) is 19.1 Å². The third-order valence-corrected chi connectivity index (χ3v) is 3.46. The minimum Gasteiger partial charge on any atom is -0.431 e. The second-order valence-electron chi connectivity index (χ2n) is 4.86. The van der Waals surface area contributed by atoms with Crippen LogP contribution in [-0.2, 0) is 12.6 Å². The van der Waals surface area contributed by atoms with E-state index in [1.54, 1.807) is 12.1 Å². The molecule has 0 aliphatic heterocycles. The summed E-state index contributed by atoms with van der Waals surface area (Å²) in [5.41, 5.74) is 0.257. The van der Waals surface area contributed by atoms with E-state index in [9.17, 15) is 18.0 Å². The van der Waals surface area contributed by atoms with Crippen molar-refractivity contribution in [2.75, 3.05) is 0 Å². The molecule has 0 bridgehead atoms. The van der Waals surface area contributed by atoms with Gasteiger partial charge in [-0.3, -0.25) is 0 Å². The molecule has 112 valence electrons. The van der Waals surface area contributed by atoms with Gasteiger partial charge in [0.05, 0.1) is 11.8 Å². The van der Waals surface area contributed by atoms with Crippen LogP contribution in [0.25, 0.3) is 0 Å². The quantitative estimate of drug-likeness (QED) is 0.837. The maximum absolute atomic E-state index is 12.5. The first-order valence-corrected chi connectivity index (χ1v) is 6.65. The van der Waals surface area contributed by atoms with Crippen LogP contribution in [0.4, 0.5) is 13.2 Å². The molecule has 0 saturated heterocycles. The summed E-state index contributed by atoms with van der Waals surface area (Å²) in [6.45, 7) is 1.93. The number of hydrogen-bond acceptors (Lipinski definition) is 2. The van der Waals surface area contributed by atoms with E-state index in [0.29, 0.717) is 18.4 Å². The van der Waals surface area contributed by atoms with Gasteiger partial charge in [-0.15, -0.1) is 0 Å². The van der Waals surface area contributed by atoms with Crippen LogP contribution in [0.15, 0.2) is 51.9 Å². The van der Waals surface area contributed by atoms with Gasteiger partial charge in [0.1, 0.15) is 0 Å². The van der Waals surface area contributed by atoms with Crippen molar-refractivity contribution in [2.24, 2.45) is 0 Å². The zero-order valence-electron chi connectivity index (χ0n) is 11.5. The van der Waals surface area contributed by atoms with Crippen LogP contribution in [0.5, 0.6) is 0 Å². The number of halogens is 3. The Labute approximate surface area is 120 Å². The lowest BCUT2D eigenvalue weighted by atomic mass is 9.91. The second-order valence-corrected chi connectivity index (χ2v) is 4.86. The predicted molar refractivity (Wildman–Crippen MR) is 73.2 cm³/mol. The van der Waals surface area contributed by atoms with Gasteiger partial charge in [-0.25, -0.2) is 4.79 Å². The molecule has 1 heterocycles. The van der Waals surface area contributed by atoms with Gasteiger partial charge < -0.3 is 4.42 Å². The molecule has 1 atom stereocenters. The minimum absolute atomic E-state index is 0.0702. The number of rotatable bonds is 4. The van der Waals surface area contributed by atoms with E-state index in [-0.39, 0.29) is 5.92 Å². The minimum atomic E-state index is -4.33. The fourth-order valence-corrected chi connectivity index (χ4v) is 2.27. The lowest BCUT2D eigenvalue weighted by molar-refractivity contribution is -0.137. The first kappa shape index (κ1) is 15.4. The Morgan fingerprint density at radius 2 is 1.81 bits per heavy atom. The third-order valence-electron chi connectivity index (χ3n) is 3.46. The van der Waals surface area contributed by atoms with Crippen LogP contribution in [0.3, 0.4) is 0 Å². The Morgan fingerprint density at radius 3 is 2.33 bits per heavy atom. The lowest BCUT2D eigenvalue weighted by Crippen LogP contribution is -2.13. The van der Waals surface area contributed by atoms with Crippen molar-refractivity contribution in [3.05, 3.63) is 69.8 Å². The van der Waals surface area contributed by atoms with Gasteiger partial charge in [-0.05, 0) is 48.6 Å². The summed E-state index contributed by atoms with van der Waals surface area (Å²) in [5.74, 6) is -0.0702. The number of alkyl halides is 3. The average Bonchev–Trinajstić information content (AvgIpc) is 2.45. The van der Waals surface area contributed by atoms with Crippen molar-refractivity contribution in [3.8, 4) is 0 Å². The zero-order valence-corrected chi connectivity index (χ0v) is 11.5. The topological polar surface area (TPSA) is 30.2 Å². The molecule has 0 saturated carbocycles. The SMILES string of the molecule is CCC(Cc1ccc(C(F)(F)F)cc1)c1cccoc1=O. The van der Waals surface area contributed by atoms with E-state index in [1.807, 2.05) is 6.92 Å². The summed E-state index contributed by atoms with van der Waals surface area (Å²) in [4.78, 5) is 11.7. The molecular formula is C16H15F3O2. The Bertz CT molecular complexity index is 642. The van der Waals surface area contributed by atoms with Crippen molar-refractivity contribution in [1.82, 2.24) is 0 Å². The monoisotopic (exact) mass is 296 g/mol. The van der Waals surface area contributed by atoms with Gasteiger partial charge in [0.25, 0.3) is 0 Å². The van der Waals surface area contributed by atoms with E-state index < -0.39 is 17.4 Å². The second kappa shape index (κ2) is 6.16. The number of hydrogen-bond donors (Lipinski definition) is 0. The molecule has 0 aliphatic rings. The molecule has 2 rings (SSSR count). The highest BCUT2D eigenvalue weighted by Gasteiger charge is 2.30. The molecule has 2 aromatic rings. The van der Waals surface area contributed by atoms with E-state index in [0.717, 1.165) is 17.7 Å². The Kier molecular flexibility index (Phi) is 4.50. The lowest BCUT2D eigenvalue weighted by Gasteiger charge is -2.14. The van der Waals surface area contributed by atoms with E-state index in [2.05, 4.69) is 0 Å². The predicted octanol–water partition coefficient (Wildman–Crippen LogP) is 4.39. The Hall–Kier alpha value is -2.04. The van der Waals surface area contributed by atoms with Crippen molar-refractivity contribution < 1.29 is 17.6 Å². The summed E-state index contributed by atoms with van der Waals surface area (Å²) in [7, 11) is 0. The van der Waals surface area contributed by atoms with Crippen LogP contribution >= 0.6 is 0 Å². The highest BCUT2D eigenvalue weighted by atomic mass is 19.4. The number of benzene rings is 1. The van der Waals surface area contributed by atoms with Crippen LogP contribution in [0.2, 0.25) is 0 Å². The first-order chi connectivity index (χ1) is 9.91. The van der Waals surface area contributed by atoms with Gasteiger partial charge in [0.15, 0.2) is 0 Å². The van der Waals surface area contributed by atoms with Gasteiger partial charge >= 0.3 is 11.8 Å². The summed E-state index contributed by atoms with van der Waals surface area (Å²) in [6.07, 6.45) is -1.81. The fourth-order valence-electron chi connectivity index (χ4n) is 2.27. The molecule has 21 heavy (non-hydrogen) atoms. The van der Waals surface area contributed by atoms with Crippen LogP contribution in [0, 0.1) is 0 Å². The fraction of sp³-hybridized carbons (Fsp3) is 0.312. The molecule has 1 aromatic heterocycles. The van der Waals surface area contributed by atoms with E-state index in [1.165, 1.54) is 18.4 Å². The molecule has 0 spiro atoms. The maximum Gasteiger partial charge on any atom is 0.416 e.